The van der Waals surface area contributed by atoms with Crippen LogP contribution in [0.15, 0.2) is 22.3 Å². The van der Waals surface area contributed by atoms with Crippen LogP contribution in [0.25, 0.3) is 20.7 Å². The van der Waals surface area contributed by atoms with Gasteiger partial charge in [0.2, 0.25) is 5.91 Å². The first-order chi connectivity index (χ1) is 11.0. The predicted octanol–water partition coefficient (Wildman–Crippen LogP) is 3.24. The van der Waals surface area contributed by atoms with Gasteiger partial charge in [0, 0.05) is 15.3 Å². The van der Waals surface area contributed by atoms with Crippen LogP contribution >= 0.6 is 22.7 Å². The SMILES string of the molecule is CCC(C(N)=O)n1c(C)nc2sc(C)c(-c3cccs3)c2c1=O. The molecule has 1 unspecified atom stereocenters. The summed E-state index contributed by atoms with van der Waals surface area (Å²) in [6.45, 7) is 5.57. The van der Waals surface area contributed by atoms with Crippen LogP contribution in [0.5, 0.6) is 0 Å². The van der Waals surface area contributed by atoms with E-state index in [1.165, 1.54) is 15.9 Å². The fraction of sp³-hybridized carbons (Fsp3) is 0.312. The zero-order valence-electron chi connectivity index (χ0n) is 13.1. The highest BCUT2D eigenvalue weighted by atomic mass is 32.1. The number of aryl methyl sites for hydroxylation is 2. The van der Waals surface area contributed by atoms with Crippen molar-refractivity contribution in [3.8, 4) is 10.4 Å². The van der Waals surface area contributed by atoms with Crippen molar-refractivity contribution < 1.29 is 4.79 Å². The number of aromatic nitrogens is 2. The lowest BCUT2D eigenvalue weighted by molar-refractivity contribution is -0.121. The molecule has 5 nitrogen and oxygen atoms in total. The first-order valence-electron chi connectivity index (χ1n) is 7.31. The molecule has 3 aromatic rings. The molecule has 0 aromatic carbocycles. The van der Waals surface area contributed by atoms with Crippen LogP contribution < -0.4 is 11.3 Å². The summed E-state index contributed by atoms with van der Waals surface area (Å²) in [6, 6.07) is 3.28. The summed E-state index contributed by atoms with van der Waals surface area (Å²) < 4.78 is 1.44. The van der Waals surface area contributed by atoms with Crippen molar-refractivity contribution in [2.24, 2.45) is 5.73 Å². The Morgan fingerprint density at radius 2 is 2.17 bits per heavy atom. The Balaban J connectivity index is 2.40. The molecule has 3 heterocycles. The van der Waals surface area contributed by atoms with Crippen molar-refractivity contribution in [2.75, 3.05) is 0 Å². The number of amides is 1. The monoisotopic (exact) mass is 347 g/mol. The number of nitrogens with zero attached hydrogens (tertiary/aromatic N) is 2. The van der Waals surface area contributed by atoms with Crippen molar-refractivity contribution >= 4 is 38.8 Å². The number of fused-ring (bicyclic) bond motifs is 1. The lowest BCUT2D eigenvalue weighted by Crippen LogP contribution is -2.35. The van der Waals surface area contributed by atoms with Crippen LogP contribution in [-0.2, 0) is 4.79 Å². The minimum atomic E-state index is -0.671. The Labute approximate surface area is 141 Å². The molecule has 0 radical (unpaired) electrons. The first kappa shape index (κ1) is 15.9. The molecular formula is C16H17N3O2S2. The molecular weight excluding hydrogens is 330 g/mol. The van der Waals surface area contributed by atoms with Gasteiger partial charge in [0.15, 0.2) is 0 Å². The van der Waals surface area contributed by atoms with Gasteiger partial charge in [0.1, 0.15) is 16.7 Å². The van der Waals surface area contributed by atoms with Gasteiger partial charge < -0.3 is 5.73 Å². The van der Waals surface area contributed by atoms with Crippen LogP contribution in [0, 0.1) is 13.8 Å². The number of rotatable bonds is 4. The van der Waals surface area contributed by atoms with Crippen LogP contribution in [0.2, 0.25) is 0 Å². The van der Waals surface area contributed by atoms with E-state index in [1.807, 2.05) is 31.4 Å². The van der Waals surface area contributed by atoms with Crippen molar-refractivity contribution in [3.63, 3.8) is 0 Å². The molecule has 0 saturated carbocycles. The van der Waals surface area contributed by atoms with Gasteiger partial charge in [-0.2, -0.15) is 0 Å². The molecule has 0 aliphatic carbocycles. The van der Waals surface area contributed by atoms with Gasteiger partial charge in [-0.15, -0.1) is 22.7 Å². The normalized spacial score (nSPS) is 12.7. The average Bonchev–Trinajstić information content (AvgIpc) is 3.09. The molecule has 0 aliphatic heterocycles. The van der Waals surface area contributed by atoms with E-state index in [1.54, 1.807) is 18.3 Å². The second-order valence-electron chi connectivity index (χ2n) is 5.35. The lowest BCUT2D eigenvalue weighted by Gasteiger charge is -2.17. The maximum Gasteiger partial charge on any atom is 0.263 e. The largest absolute Gasteiger partial charge is 0.368 e. The highest BCUT2D eigenvalue weighted by Crippen LogP contribution is 2.38. The number of carbonyl (C=O) groups is 1. The Hall–Kier alpha value is -1.99. The molecule has 0 fully saturated rings. The third kappa shape index (κ3) is 2.49. The van der Waals surface area contributed by atoms with E-state index in [0.29, 0.717) is 22.5 Å². The smallest absolute Gasteiger partial charge is 0.263 e. The van der Waals surface area contributed by atoms with Crippen molar-refractivity contribution in [1.29, 1.82) is 0 Å². The summed E-state index contributed by atoms with van der Waals surface area (Å²) in [5, 5.41) is 2.57. The van der Waals surface area contributed by atoms with E-state index >= 15 is 0 Å². The first-order valence-corrected chi connectivity index (χ1v) is 9.00. The second-order valence-corrected chi connectivity index (χ2v) is 7.50. The van der Waals surface area contributed by atoms with E-state index in [4.69, 9.17) is 5.73 Å². The molecule has 1 atom stereocenters. The Kier molecular flexibility index (Phi) is 4.08. The maximum absolute atomic E-state index is 13.1. The number of hydrogen-bond acceptors (Lipinski definition) is 5. The minimum absolute atomic E-state index is 0.189. The zero-order chi connectivity index (χ0) is 16.7. The van der Waals surface area contributed by atoms with E-state index in [2.05, 4.69) is 4.98 Å². The van der Waals surface area contributed by atoms with Gasteiger partial charge in [-0.3, -0.25) is 14.2 Å². The second kappa shape index (κ2) is 5.90. The predicted molar refractivity (Wildman–Crippen MR) is 95.2 cm³/mol. The molecule has 2 N–H and O–H groups in total. The molecule has 0 spiro atoms. The van der Waals surface area contributed by atoms with Gasteiger partial charge in [-0.05, 0) is 31.7 Å². The number of primary amides is 1. The summed E-state index contributed by atoms with van der Waals surface area (Å²) in [7, 11) is 0. The molecule has 1 amide bonds. The van der Waals surface area contributed by atoms with E-state index in [0.717, 1.165) is 15.3 Å². The maximum atomic E-state index is 13.1. The molecule has 7 heteroatoms. The molecule has 0 aliphatic rings. The van der Waals surface area contributed by atoms with Crippen molar-refractivity contribution in [3.05, 3.63) is 38.6 Å². The van der Waals surface area contributed by atoms with Gasteiger partial charge in [0.05, 0.1) is 5.39 Å². The molecule has 3 aromatic heterocycles. The topological polar surface area (TPSA) is 78.0 Å². The number of thiophene rings is 2. The Bertz CT molecular complexity index is 939. The number of carbonyl (C=O) groups excluding carboxylic acids is 1. The average molecular weight is 347 g/mol. The zero-order valence-corrected chi connectivity index (χ0v) is 14.8. The Morgan fingerprint density at radius 3 is 2.74 bits per heavy atom. The summed E-state index contributed by atoms with van der Waals surface area (Å²) in [4.78, 5) is 32.2. The quantitative estimate of drug-likeness (QED) is 0.787. The van der Waals surface area contributed by atoms with Gasteiger partial charge >= 0.3 is 0 Å². The van der Waals surface area contributed by atoms with Crippen LogP contribution in [0.4, 0.5) is 0 Å². The number of nitrogens with two attached hydrogens (primary N) is 1. The molecule has 0 bridgehead atoms. The Morgan fingerprint density at radius 1 is 1.43 bits per heavy atom. The fourth-order valence-corrected chi connectivity index (χ4v) is 4.84. The highest BCUT2D eigenvalue weighted by Gasteiger charge is 2.24. The van der Waals surface area contributed by atoms with Crippen LogP contribution in [0.1, 0.15) is 30.1 Å². The van der Waals surface area contributed by atoms with Crippen molar-refractivity contribution in [1.82, 2.24) is 9.55 Å². The van der Waals surface area contributed by atoms with Gasteiger partial charge in [-0.25, -0.2) is 4.98 Å². The molecule has 0 saturated heterocycles. The summed E-state index contributed by atoms with van der Waals surface area (Å²) in [6.07, 6.45) is 0.459. The third-order valence-corrected chi connectivity index (χ3v) is 5.79. The summed E-state index contributed by atoms with van der Waals surface area (Å²) in [5.41, 5.74) is 6.21. The van der Waals surface area contributed by atoms with Gasteiger partial charge in [-0.1, -0.05) is 13.0 Å². The van der Waals surface area contributed by atoms with Crippen molar-refractivity contribution in [2.45, 2.75) is 33.2 Å². The third-order valence-electron chi connectivity index (χ3n) is 3.90. The lowest BCUT2D eigenvalue weighted by atomic mass is 10.1. The van der Waals surface area contributed by atoms with E-state index < -0.39 is 11.9 Å². The van der Waals surface area contributed by atoms with E-state index in [9.17, 15) is 9.59 Å². The number of hydrogen-bond donors (Lipinski definition) is 1. The molecule has 120 valence electrons. The minimum Gasteiger partial charge on any atom is -0.368 e. The summed E-state index contributed by atoms with van der Waals surface area (Å²) in [5.74, 6) is 0.00982. The van der Waals surface area contributed by atoms with Gasteiger partial charge in [0.25, 0.3) is 5.56 Å². The fourth-order valence-electron chi connectivity index (χ4n) is 2.87. The van der Waals surface area contributed by atoms with Crippen LogP contribution in [0.3, 0.4) is 0 Å². The molecule has 3 rings (SSSR count). The summed E-state index contributed by atoms with van der Waals surface area (Å²) >= 11 is 3.10. The highest BCUT2D eigenvalue weighted by molar-refractivity contribution is 7.20. The van der Waals surface area contributed by atoms with Crippen LogP contribution in [-0.4, -0.2) is 15.5 Å². The van der Waals surface area contributed by atoms with E-state index in [-0.39, 0.29) is 5.56 Å². The molecule has 23 heavy (non-hydrogen) atoms. The standard InChI is InChI=1S/C16H17N3O2S2/c1-4-10(14(17)20)19-9(3)18-15-13(16(19)21)12(8(2)23-15)11-6-5-7-22-11/h5-7,10H,4H2,1-3H3,(H2,17,20).